The van der Waals surface area contributed by atoms with Gasteiger partial charge >= 0.3 is 0 Å². The number of fused-ring (bicyclic) bond motifs is 2. The van der Waals surface area contributed by atoms with E-state index in [1.54, 1.807) is 6.20 Å². The largest absolute Gasteiger partial charge is 0.347 e. The molecule has 5 rings (SSSR count). The molecule has 7 heteroatoms. The van der Waals surface area contributed by atoms with E-state index in [4.69, 9.17) is 4.98 Å². The first-order valence-electron chi connectivity index (χ1n) is 11.2. The van der Waals surface area contributed by atoms with Gasteiger partial charge in [-0.3, -0.25) is 4.79 Å². The number of hydrogen-bond donors (Lipinski definition) is 0. The van der Waals surface area contributed by atoms with Crippen LogP contribution in [0.25, 0.3) is 11.4 Å². The fourth-order valence-corrected chi connectivity index (χ4v) is 5.02. The van der Waals surface area contributed by atoms with Gasteiger partial charge in [0.05, 0.1) is 17.0 Å². The van der Waals surface area contributed by atoms with Crippen LogP contribution in [0.5, 0.6) is 0 Å². The van der Waals surface area contributed by atoms with Crippen molar-refractivity contribution in [3.05, 3.63) is 65.2 Å². The van der Waals surface area contributed by atoms with Gasteiger partial charge in [0.2, 0.25) is 5.95 Å². The number of anilines is 1. The highest BCUT2D eigenvalue weighted by Crippen LogP contribution is 2.44. The zero-order valence-electron chi connectivity index (χ0n) is 18.9. The third-order valence-electron chi connectivity index (χ3n) is 6.73. The van der Waals surface area contributed by atoms with E-state index in [0.29, 0.717) is 23.8 Å². The minimum absolute atomic E-state index is 0.0117. The lowest BCUT2D eigenvalue weighted by molar-refractivity contribution is 0.0632. The molecule has 3 heterocycles. The Morgan fingerprint density at radius 2 is 1.88 bits per heavy atom. The molecule has 0 bridgehead atoms. The minimum atomic E-state index is -0.103. The van der Waals surface area contributed by atoms with Gasteiger partial charge in [-0.25, -0.2) is 19.9 Å². The van der Waals surface area contributed by atoms with Gasteiger partial charge in [-0.2, -0.15) is 0 Å². The molecule has 1 aromatic carbocycles. The second kappa shape index (κ2) is 7.97. The molecule has 3 aromatic rings. The Bertz CT molecular complexity index is 1160. The van der Waals surface area contributed by atoms with E-state index < -0.39 is 0 Å². The Morgan fingerprint density at radius 3 is 2.62 bits per heavy atom. The number of carbonyl (C=O) groups excluding carboxylic acids is 1. The Labute approximate surface area is 188 Å². The van der Waals surface area contributed by atoms with E-state index in [1.807, 2.05) is 67.3 Å². The first-order valence-corrected chi connectivity index (χ1v) is 11.2. The van der Waals surface area contributed by atoms with E-state index in [9.17, 15) is 4.79 Å². The van der Waals surface area contributed by atoms with E-state index in [2.05, 4.69) is 15.0 Å². The third-order valence-corrected chi connectivity index (χ3v) is 6.73. The number of amides is 1. The molecule has 1 spiro atoms. The van der Waals surface area contributed by atoms with Crippen LogP contribution in [-0.4, -0.2) is 57.9 Å². The standard InChI is InChI=1S/C25H28N6O/c1-17-20(15-27-24(28-17)30(2)3)23(32)31-13-7-11-25(16-31)12-10-19-14-26-22(29-21(19)25)18-8-5-4-6-9-18/h4-6,8-9,14-15H,7,10-13,16H2,1-3H3. The normalized spacial score (nSPS) is 19.8. The topological polar surface area (TPSA) is 75.1 Å². The monoisotopic (exact) mass is 428 g/mol. The molecular weight excluding hydrogens is 400 g/mol. The van der Waals surface area contributed by atoms with Gasteiger partial charge in [0.1, 0.15) is 0 Å². The highest BCUT2D eigenvalue weighted by atomic mass is 16.2. The first kappa shape index (κ1) is 20.5. The predicted octanol–water partition coefficient (Wildman–Crippen LogP) is 3.43. The van der Waals surface area contributed by atoms with E-state index >= 15 is 0 Å². The number of likely N-dealkylation sites (tertiary alicyclic amines) is 1. The molecule has 1 amide bonds. The Balaban J connectivity index is 1.44. The average molecular weight is 429 g/mol. The molecule has 1 unspecified atom stereocenters. The van der Waals surface area contributed by atoms with Crippen LogP contribution in [0, 0.1) is 6.92 Å². The van der Waals surface area contributed by atoms with Crippen LogP contribution < -0.4 is 4.90 Å². The van der Waals surface area contributed by atoms with Gasteiger partial charge in [0, 0.05) is 50.6 Å². The molecule has 164 valence electrons. The van der Waals surface area contributed by atoms with Crippen LogP contribution >= 0.6 is 0 Å². The second-order valence-electron chi connectivity index (χ2n) is 9.11. The summed E-state index contributed by atoms with van der Waals surface area (Å²) in [6.45, 7) is 3.31. The lowest BCUT2D eigenvalue weighted by atomic mass is 9.77. The molecule has 7 nitrogen and oxygen atoms in total. The summed E-state index contributed by atoms with van der Waals surface area (Å²) in [5, 5.41) is 0. The third kappa shape index (κ3) is 3.51. The van der Waals surface area contributed by atoms with Gasteiger partial charge in [-0.05, 0) is 38.2 Å². The summed E-state index contributed by atoms with van der Waals surface area (Å²) < 4.78 is 0. The number of rotatable bonds is 3. The van der Waals surface area contributed by atoms with Crippen molar-refractivity contribution in [2.75, 3.05) is 32.1 Å². The first-order chi connectivity index (χ1) is 15.5. The van der Waals surface area contributed by atoms with Crippen molar-refractivity contribution in [3.8, 4) is 11.4 Å². The zero-order chi connectivity index (χ0) is 22.3. The van der Waals surface area contributed by atoms with E-state index in [-0.39, 0.29) is 11.3 Å². The summed E-state index contributed by atoms with van der Waals surface area (Å²) in [6, 6.07) is 10.1. The second-order valence-corrected chi connectivity index (χ2v) is 9.11. The molecule has 2 aliphatic rings. The Morgan fingerprint density at radius 1 is 1.06 bits per heavy atom. The maximum absolute atomic E-state index is 13.4. The number of benzene rings is 1. The summed E-state index contributed by atoms with van der Waals surface area (Å²) in [7, 11) is 3.79. The number of nitrogens with zero attached hydrogens (tertiary/aromatic N) is 6. The van der Waals surface area contributed by atoms with E-state index in [0.717, 1.165) is 49.3 Å². The van der Waals surface area contributed by atoms with Crippen LogP contribution in [0.1, 0.15) is 46.6 Å². The van der Waals surface area contributed by atoms with Crippen LogP contribution in [0.3, 0.4) is 0 Å². The maximum atomic E-state index is 13.4. The molecule has 0 N–H and O–H groups in total. The Kier molecular flexibility index (Phi) is 5.12. The molecule has 1 fully saturated rings. The van der Waals surface area contributed by atoms with Crippen LogP contribution in [0.4, 0.5) is 5.95 Å². The lowest BCUT2D eigenvalue weighted by Gasteiger charge is -2.40. The lowest BCUT2D eigenvalue weighted by Crippen LogP contribution is -2.48. The summed E-state index contributed by atoms with van der Waals surface area (Å²) in [4.78, 5) is 35.8. The van der Waals surface area contributed by atoms with E-state index in [1.165, 1.54) is 5.56 Å². The molecule has 1 saturated heterocycles. The highest BCUT2D eigenvalue weighted by molar-refractivity contribution is 5.95. The van der Waals surface area contributed by atoms with Crippen LogP contribution in [0.2, 0.25) is 0 Å². The molecule has 0 radical (unpaired) electrons. The molecule has 0 saturated carbocycles. The van der Waals surface area contributed by atoms with Crippen molar-refractivity contribution in [1.82, 2.24) is 24.8 Å². The number of aromatic nitrogens is 4. The quantitative estimate of drug-likeness (QED) is 0.636. The fraction of sp³-hybridized carbons (Fsp3) is 0.400. The van der Waals surface area contributed by atoms with Crippen molar-refractivity contribution in [1.29, 1.82) is 0 Å². The van der Waals surface area contributed by atoms with Gasteiger partial charge in [-0.1, -0.05) is 30.3 Å². The summed E-state index contributed by atoms with van der Waals surface area (Å²) >= 11 is 0. The SMILES string of the molecule is Cc1nc(N(C)C)ncc1C(=O)N1CCCC2(CCc3cnc(-c4ccccc4)nc32)C1. The zero-order valence-corrected chi connectivity index (χ0v) is 18.9. The molecule has 1 aliphatic heterocycles. The van der Waals surface area contributed by atoms with Crippen LogP contribution in [-0.2, 0) is 11.8 Å². The van der Waals surface area contributed by atoms with Crippen LogP contribution in [0.15, 0.2) is 42.7 Å². The fourth-order valence-electron chi connectivity index (χ4n) is 5.02. The van der Waals surface area contributed by atoms with Crippen molar-refractivity contribution < 1.29 is 4.79 Å². The van der Waals surface area contributed by atoms with Gasteiger partial charge in [-0.15, -0.1) is 0 Å². The Hall–Kier alpha value is -3.35. The average Bonchev–Trinajstić information content (AvgIpc) is 3.16. The smallest absolute Gasteiger partial charge is 0.257 e. The number of piperidine rings is 1. The molecular formula is C25H28N6O. The molecule has 1 aliphatic carbocycles. The summed E-state index contributed by atoms with van der Waals surface area (Å²) in [6.07, 6.45) is 7.63. The maximum Gasteiger partial charge on any atom is 0.257 e. The minimum Gasteiger partial charge on any atom is -0.347 e. The summed E-state index contributed by atoms with van der Waals surface area (Å²) in [5.41, 5.74) is 4.56. The summed E-state index contributed by atoms with van der Waals surface area (Å²) in [5.74, 6) is 1.39. The van der Waals surface area contributed by atoms with Gasteiger partial charge in [0.15, 0.2) is 5.82 Å². The molecule has 1 atom stereocenters. The predicted molar refractivity (Wildman–Crippen MR) is 124 cm³/mol. The highest BCUT2D eigenvalue weighted by Gasteiger charge is 2.45. The van der Waals surface area contributed by atoms with Gasteiger partial charge in [0.25, 0.3) is 5.91 Å². The molecule has 2 aromatic heterocycles. The van der Waals surface area contributed by atoms with Crippen molar-refractivity contribution in [2.24, 2.45) is 0 Å². The van der Waals surface area contributed by atoms with Crippen molar-refractivity contribution in [2.45, 2.75) is 38.0 Å². The number of aryl methyl sites for hydroxylation is 2. The van der Waals surface area contributed by atoms with Crippen molar-refractivity contribution in [3.63, 3.8) is 0 Å². The number of hydrogen-bond acceptors (Lipinski definition) is 6. The number of carbonyl (C=O) groups is 1. The molecule has 32 heavy (non-hydrogen) atoms. The van der Waals surface area contributed by atoms with Gasteiger partial charge < -0.3 is 9.80 Å². The van der Waals surface area contributed by atoms with Crippen molar-refractivity contribution >= 4 is 11.9 Å².